The van der Waals surface area contributed by atoms with Crippen LogP contribution < -0.4 is 0 Å². The monoisotopic (exact) mass is 258 g/mol. The molecule has 1 aromatic rings. The first-order valence-electron chi connectivity index (χ1n) is 6.00. The lowest BCUT2D eigenvalue weighted by atomic mass is 10.2. The fourth-order valence-corrected chi connectivity index (χ4v) is 3.58. The molecule has 1 atom stereocenters. The molecule has 0 saturated heterocycles. The number of aryl methyl sites for hydroxylation is 1. The van der Waals surface area contributed by atoms with Crippen molar-refractivity contribution in [3.05, 3.63) is 66.8 Å². The van der Waals surface area contributed by atoms with Gasteiger partial charge in [0.25, 0.3) is 0 Å². The van der Waals surface area contributed by atoms with Gasteiger partial charge >= 0.3 is 0 Å². The Morgan fingerprint density at radius 2 is 1.78 bits per heavy atom. The second-order valence-corrected chi connectivity index (χ2v) is 7.49. The van der Waals surface area contributed by atoms with Gasteiger partial charge in [0, 0.05) is 5.25 Å². The quantitative estimate of drug-likeness (QED) is 0.530. The van der Waals surface area contributed by atoms with Gasteiger partial charge in [0.05, 0.1) is 0 Å². The zero-order valence-corrected chi connectivity index (χ0v) is 12.1. The van der Waals surface area contributed by atoms with Crippen molar-refractivity contribution < 1.29 is 0 Å². The second-order valence-electron chi connectivity index (χ2n) is 4.42. The zero-order valence-electron chi connectivity index (χ0n) is 11.3. The lowest BCUT2D eigenvalue weighted by Crippen LogP contribution is -2.00. The fourth-order valence-electron chi connectivity index (χ4n) is 1.73. The summed E-state index contributed by atoms with van der Waals surface area (Å²) in [5.41, 5.74) is 1.28. The summed E-state index contributed by atoms with van der Waals surface area (Å²) in [5, 5.41) is 0.341. The van der Waals surface area contributed by atoms with E-state index in [4.69, 9.17) is 0 Å². The van der Waals surface area contributed by atoms with Crippen molar-refractivity contribution in [2.24, 2.45) is 0 Å². The van der Waals surface area contributed by atoms with Crippen LogP contribution >= 0.6 is 9.21 Å². The maximum Gasteiger partial charge on any atom is 0.0140 e. The Kier molecular flexibility index (Phi) is 5.24. The minimum Gasteiger partial charge on any atom is -0.181 e. The van der Waals surface area contributed by atoms with Crippen LogP contribution in [0.2, 0.25) is 0 Å². The second kappa shape index (κ2) is 6.46. The molecule has 1 unspecified atom stereocenters. The molecule has 0 spiro atoms. The third kappa shape index (κ3) is 3.51. The molecule has 18 heavy (non-hydrogen) atoms. The van der Waals surface area contributed by atoms with Crippen molar-refractivity contribution in [1.29, 1.82) is 0 Å². The minimum atomic E-state index is -1.30. The average molecular weight is 258 g/mol. The van der Waals surface area contributed by atoms with Gasteiger partial charge in [-0.3, -0.25) is 0 Å². The van der Waals surface area contributed by atoms with E-state index in [0.29, 0.717) is 5.25 Å². The van der Waals surface area contributed by atoms with Crippen molar-refractivity contribution >= 4 is 20.9 Å². The van der Waals surface area contributed by atoms with Crippen LogP contribution in [-0.2, 0) is 0 Å². The van der Waals surface area contributed by atoms with E-state index in [1.165, 1.54) is 10.5 Å². The molecule has 0 radical (unpaired) electrons. The van der Waals surface area contributed by atoms with E-state index in [0.717, 1.165) is 0 Å². The Balaban J connectivity index is 3.01. The predicted octanol–water partition coefficient (Wildman–Crippen LogP) is 4.71. The van der Waals surface area contributed by atoms with Crippen LogP contribution in [0.3, 0.4) is 0 Å². The van der Waals surface area contributed by atoms with E-state index in [9.17, 15) is 0 Å². The number of hydrogen-bond donors (Lipinski definition) is 0. The number of hydrogen-bond acceptors (Lipinski definition) is 0. The Labute approximate surface area is 112 Å². The highest BCUT2D eigenvalue weighted by Gasteiger charge is 2.10. The van der Waals surface area contributed by atoms with Gasteiger partial charge in [-0.05, 0) is 23.4 Å². The van der Waals surface area contributed by atoms with Crippen LogP contribution in [0, 0.1) is 6.92 Å². The Bertz CT molecular complexity index is 557. The summed E-state index contributed by atoms with van der Waals surface area (Å²) < 4.78 is 0. The summed E-state index contributed by atoms with van der Waals surface area (Å²) in [7, 11) is -1.30. The Morgan fingerprint density at radius 3 is 2.39 bits per heavy atom. The number of allylic oxidation sites excluding steroid dienone is 4. The van der Waals surface area contributed by atoms with E-state index in [2.05, 4.69) is 62.5 Å². The van der Waals surface area contributed by atoms with Gasteiger partial charge in [0.15, 0.2) is 0 Å². The Hall–Kier alpha value is -1.47. The Morgan fingerprint density at radius 1 is 1.11 bits per heavy atom. The molecule has 0 heterocycles. The largest absolute Gasteiger partial charge is 0.181 e. The predicted molar refractivity (Wildman–Crippen MR) is 89.2 cm³/mol. The summed E-state index contributed by atoms with van der Waals surface area (Å²) in [6.45, 7) is 7.95. The topological polar surface area (TPSA) is 0 Å². The van der Waals surface area contributed by atoms with Gasteiger partial charge < -0.3 is 0 Å². The number of benzene rings is 1. The smallest absolute Gasteiger partial charge is 0.0140 e. The summed E-state index contributed by atoms with van der Waals surface area (Å²) in [4.78, 5) is 1.29. The lowest BCUT2D eigenvalue weighted by molar-refractivity contribution is 1.21. The third-order valence-electron chi connectivity index (χ3n) is 2.98. The molecule has 0 N–H and O–H groups in total. The summed E-state index contributed by atoms with van der Waals surface area (Å²) in [6, 6.07) is 8.40. The SMILES string of the molecule is C=C/C=C\C=C/C(C)S(=C)(=C)c1ccccc1C. The van der Waals surface area contributed by atoms with E-state index < -0.39 is 9.21 Å². The molecule has 1 heteroatoms. The first-order valence-corrected chi connectivity index (χ1v) is 8.03. The van der Waals surface area contributed by atoms with E-state index >= 15 is 0 Å². The lowest BCUT2D eigenvalue weighted by Gasteiger charge is -2.22. The normalized spacial score (nSPS) is 14.1. The van der Waals surface area contributed by atoms with Crippen LogP contribution in [0.4, 0.5) is 0 Å². The molecule has 0 fully saturated rings. The minimum absolute atomic E-state index is 0.341. The first kappa shape index (κ1) is 14.6. The van der Waals surface area contributed by atoms with Crippen LogP contribution in [0.25, 0.3) is 0 Å². The molecular weight excluding hydrogens is 236 g/mol. The zero-order chi connectivity index (χ0) is 13.6. The highest BCUT2D eigenvalue weighted by molar-refractivity contribution is 8.28. The van der Waals surface area contributed by atoms with Gasteiger partial charge in [0.1, 0.15) is 0 Å². The molecule has 1 aromatic carbocycles. The molecule has 0 aromatic heterocycles. The molecule has 0 aliphatic carbocycles. The highest BCUT2D eigenvalue weighted by Crippen LogP contribution is 2.39. The van der Waals surface area contributed by atoms with Crippen LogP contribution in [-0.4, -0.2) is 17.0 Å². The van der Waals surface area contributed by atoms with E-state index in [1.807, 2.05) is 18.2 Å². The van der Waals surface area contributed by atoms with Crippen LogP contribution in [0.1, 0.15) is 12.5 Å². The molecule has 0 aliphatic rings. The van der Waals surface area contributed by atoms with Gasteiger partial charge in [-0.2, -0.15) is 9.21 Å². The van der Waals surface area contributed by atoms with Crippen molar-refractivity contribution in [3.8, 4) is 0 Å². The van der Waals surface area contributed by atoms with Crippen molar-refractivity contribution in [2.75, 3.05) is 0 Å². The average Bonchev–Trinajstić information content (AvgIpc) is 2.34. The molecule has 0 bridgehead atoms. The first-order chi connectivity index (χ1) is 8.50. The molecule has 96 valence electrons. The van der Waals surface area contributed by atoms with E-state index in [-0.39, 0.29) is 0 Å². The van der Waals surface area contributed by atoms with Crippen molar-refractivity contribution in [2.45, 2.75) is 24.0 Å². The fraction of sp³-hybridized carbons (Fsp3) is 0.176. The number of rotatable bonds is 5. The molecule has 1 rings (SSSR count). The van der Waals surface area contributed by atoms with Crippen LogP contribution in [0.15, 0.2) is 66.1 Å². The third-order valence-corrected chi connectivity index (χ3v) is 5.90. The van der Waals surface area contributed by atoms with Crippen molar-refractivity contribution in [1.82, 2.24) is 0 Å². The molecule has 0 saturated carbocycles. The van der Waals surface area contributed by atoms with E-state index in [1.54, 1.807) is 6.08 Å². The van der Waals surface area contributed by atoms with Gasteiger partial charge in [0.2, 0.25) is 0 Å². The summed E-state index contributed by atoms with van der Waals surface area (Å²) in [6.07, 6.45) is 9.88. The molecule has 0 nitrogen and oxygen atoms in total. The molecular formula is C17H22S. The highest BCUT2D eigenvalue weighted by atomic mass is 32.2. The standard InChI is InChI=1S/C17H22S/c1-6-7-8-9-13-16(3)18(4,5)17-14-11-10-12-15(17)2/h6-14,16H,1,4-5H2,2-3H3/b8-7-,13-9-. The van der Waals surface area contributed by atoms with Gasteiger partial charge in [-0.15, -0.1) is 0 Å². The van der Waals surface area contributed by atoms with Crippen LogP contribution in [0.5, 0.6) is 0 Å². The molecule has 0 amide bonds. The summed E-state index contributed by atoms with van der Waals surface area (Å²) in [5.74, 6) is 8.75. The van der Waals surface area contributed by atoms with Gasteiger partial charge in [-0.25, -0.2) is 0 Å². The molecule has 0 aliphatic heterocycles. The maximum atomic E-state index is 4.38. The van der Waals surface area contributed by atoms with Gasteiger partial charge in [-0.1, -0.05) is 73.8 Å². The summed E-state index contributed by atoms with van der Waals surface area (Å²) >= 11 is 0. The van der Waals surface area contributed by atoms with Crippen molar-refractivity contribution in [3.63, 3.8) is 0 Å². The maximum absolute atomic E-state index is 4.38.